The van der Waals surface area contributed by atoms with E-state index in [0.717, 1.165) is 42.7 Å². The molecule has 1 fully saturated rings. The number of rotatable bonds is 7. The third-order valence-electron chi connectivity index (χ3n) is 6.20. The van der Waals surface area contributed by atoms with Gasteiger partial charge in [-0.25, -0.2) is 0 Å². The van der Waals surface area contributed by atoms with Crippen LogP contribution < -0.4 is 15.5 Å². The largest absolute Gasteiger partial charge is 0.371 e. The Hall–Kier alpha value is -3.86. The lowest BCUT2D eigenvalue weighted by molar-refractivity contribution is -0.117. The summed E-state index contributed by atoms with van der Waals surface area (Å²) < 4.78 is 0. The Kier molecular flexibility index (Phi) is 7.76. The molecule has 0 aliphatic carbocycles. The van der Waals surface area contributed by atoms with Crippen molar-refractivity contribution >= 4 is 23.6 Å². The van der Waals surface area contributed by atoms with Crippen LogP contribution in [0.5, 0.6) is 0 Å². The standard InChI is InChI=1S/C29H31N3O2/c1-22(24-12-6-3-7-13-24)30-29(34)26-14-8-9-15-27(26)32-20-18-25(19-21-32)31-28(33)17-16-23-10-4-2-5-11-23/h2-17,22,25H,18-21H2,1H3,(H,30,34)(H,31,33)/b17-16+/t22-/m0/s1. The molecule has 1 atom stereocenters. The van der Waals surface area contributed by atoms with Crippen molar-refractivity contribution in [3.63, 3.8) is 0 Å². The zero-order chi connectivity index (χ0) is 23.8. The lowest BCUT2D eigenvalue weighted by atomic mass is 10.0. The number of nitrogens with one attached hydrogen (secondary N) is 2. The van der Waals surface area contributed by atoms with Crippen LogP contribution in [0.15, 0.2) is 91.0 Å². The summed E-state index contributed by atoms with van der Waals surface area (Å²) in [6.07, 6.45) is 5.09. The molecule has 1 aliphatic rings. The van der Waals surface area contributed by atoms with E-state index in [1.54, 1.807) is 6.08 Å². The first-order valence-corrected chi connectivity index (χ1v) is 11.8. The van der Waals surface area contributed by atoms with E-state index in [9.17, 15) is 9.59 Å². The van der Waals surface area contributed by atoms with Crippen molar-refractivity contribution in [1.82, 2.24) is 10.6 Å². The van der Waals surface area contributed by atoms with Gasteiger partial charge in [-0.15, -0.1) is 0 Å². The van der Waals surface area contributed by atoms with Crippen molar-refractivity contribution in [3.8, 4) is 0 Å². The number of benzene rings is 3. The van der Waals surface area contributed by atoms with Crippen LogP contribution in [0.25, 0.3) is 6.08 Å². The fraction of sp³-hybridized carbons (Fsp3) is 0.241. The van der Waals surface area contributed by atoms with Crippen LogP contribution >= 0.6 is 0 Å². The molecule has 3 aromatic rings. The second-order valence-corrected chi connectivity index (χ2v) is 8.64. The van der Waals surface area contributed by atoms with Gasteiger partial charge in [0.15, 0.2) is 0 Å². The van der Waals surface area contributed by atoms with Crippen molar-refractivity contribution in [2.45, 2.75) is 31.8 Å². The van der Waals surface area contributed by atoms with Gasteiger partial charge >= 0.3 is 0 Å². The highest BCUT2D eigenvalue weighted by Gasteiger charge is 2.24. The zero-order valence-electron chi connectivity index (χ0n) is 19.5. The van der Waals surface area contributed by atoms with E-state index in [0.29, 0.717) is 5.56 Å². The van der Waals surface area contributed by atoms with Gasteiger partial charge in [0.1, 0.15) is 0 Å². The van der Waals surface area contributed by atoms with Crippen LogP contribution in [0.4, 0.5) is 5.69 Å². The molecule has 34 heavy (non-hydrogen) atoms. The summed E-state index contributed by atoms with van der Waals surface area (Å²) >= 11 is 0. The number of hydrogen-bond acceptors (Lipinski definition) is 3. The Morgan fingerprint density at radius 1 is 0.882 bits per heavy atom. The fourth-order valence-corrected chi connectivity index (χ4v) is 4.29. The van der Waals surface area contributed by atoms with Gasteiger partial charge in [0.2, 0.25) is 5.91 Å². The van der Waals surface area contributed by atoms with Crippen molar-refractivity contribution in [1.29, 1.82) is 0 Å². The average molecular weight is 454 g/mol. The lowest BCUT2D eigenvalue weighted by Crippen LogP contribution is -2.44. The molecule has 1 saturated heterocycles. The van der Waals surface area contributed by atoms with Gasteiger partial charge in [-0.2, -0.15) is 0 Å². The second-order valence-electron chi connectivity index (χ2n) is 8.64. The van der Waals surface area contributed by atoms with Crippen LogP contribution in [0, 0.1) is 0 Å². The maximum absolute atomic E-state index is 13.1. The Bertz CT molecular complexity index is 1120. The molecule has 0 spiro atoms. The summed E-state index contributed by atoms with van der Waals surface area (Å²) in [7, 11) is 0. The minimum atomic E-state index is -0.0772. The van der Waals surface area contributed by atoms with Crippen LogP contribution in [-0.2, 0) is 4.79 Å². The third-order valence-corrected chi connectivity index (χ3v) is 6.20. The molecule has 0 saturated carbocycles. The number of carbonyl (C=O) groups excluding carboxylic acids is 2. The molecule has 1 heterocycles. The topological polar surface area (TPSA) is 61.4 Å². The molecule has 5 heteroatoms. The molecule has 4 rings (SSSR count). The fourth-order valence-electron chi connectivity index (χ4n) is 4.29. The van der Waals surface area contributed by atoms with Crippen LogP contribution in [-0.4, -0.2) is 30.9 Å². The summed E-state index contributed by atoms with van der Waals surface area (Å²) in [6.45, 7) is 3.56. The number of piperidine rings is 1. The van der Waals surface area contributed by atoms with Gasteiger partial charge in [0, 0.05) is 30.9 Å². The second kappa shape index (κ2) is 11.3. The molecule has 0 unspecified atom stereocenters. The van der Waals surface area contributed by atoms with Gasteiger partial charge in [0.05, 0.1) is 11.6 Å². The van der Waals surface area contributed by atoms with E-state index >= 15 is 0 Å². The summed E-state index contributed by atoms with van der Waals surface area (Å²) in [5.41, 5.74) is 3.70. The van der Waals surface area contributed by atoms with Crippen LogP contribution in [0.1, 0.15) is 47.3 Å². The van der Waals surface area contributed by atoms with Gasteiger partial charge in [-0.3, -0.25) is 9.59 Å². The smallest absolute Gasteiger partial charge is 0.253 e. The van der Waals surface area contributed by atoms with E-state index in [2.05, 4.69) is 15.5 Å². The molecule has 3 aromatic carbocycles. The minimum absolute atomic E-state index is 0.0722. The highest BCUT2D eigenvalue weighted by atomic mass is 16.2. The predicted octanol–water partition coefficient (Wildman–Crippen LogP) is 4.98. The Balaban J connectivity index is 1.33. The van der Waals surface area contributed by atoms with E-state index < -0.39 is 0 Å². The lowest BCUT2D eigenvalue weighted by Gasteiger charge is -2.34. The Labute approximate surface area is 201 Å². The predicted molar refractivity (Wildman–Crippen MR) is 138 cm³/mol. The number of amides is 2. The third kappa shape index (κ3) is 6.13. The first-order chi connectivity index (χ1) is 16.6. The van der Waals surface area contributed by atoms with Gasteiger partial charge in [-0.05, 0) is 49.1 Å². The van der Waals surface area contributed by atoms with Crippen molar-refractivity contribution in [2.75, 3.05) is 18.0 Å². The molecular formula is C29H31N3O2. The molecule has 2 amide bonds. The molecule has 1 aliphatic heterocycles. The first kappa shape index (κ1) is 23.3. The van der Waals surface area contributed by atoms with Crippen LogP contribution in [0.3, 0.4) is 0 Å². The van der Waals surface area contributed by atoms with E-state index in [-0.39, 0.29) is 23.9 Å². The summed E-state index contributed by atoms with van der Waals surface area (Å²) in [4.78, 5) is 27.7. The summed E-state index contributed by atoms with van der Waals surface area (Å²) in [5.74, 6) is -0.148. The minimum Gasteiger partial charge on any atom is -0.371 e. The van der Waals surface area contributed by atoms with Crippen molar-refractivity contribution < 1.29 is 9.59 Å². The maximum atomic E-state index is 13.1. The monoisotopic (exact) mass is 453 g/mol. The van der Waals surface area contributed by atoms with Crippen LogP contribution in [0.2, 0.25) is 0 Å². The Morgan fingerprint density at radius 3 is 2.21 bits per heavy atom. The first-order valence-electron chi connectivity index (χ1n) is 11.8. The van der Waals surface area contributed by atoms with E-state index in [4.69, 9.17) is 0 Å². The normalized spacial score (nSPS) is 15.1. The van der Waals surface area contributed by atoms with Gasteiger partial charge in [-0.1, -0.05) is 72.8 Å². The average Bonchev–Trinajstić information content (AvgIpc) is 2.89. The number of para-hydroxylation sites is 1. The molecule has 0 radical (unpaired) electrons. The molecule has 5 nitrogen and oxygen atoms in total. The molecule has 174 valence electrons. The van der Waals surface area contributed by atoms with Gasteiger partial charge < -0.3 is 15.5 Å². The Morgan fingerprint density at radius 2 is 1.50 bits per heavy atom. The summed E-state index contributed by atoms with van der Waals surface area (Å²) in [6, 6.07) is 27.6. The van der Waals surface area contributed by atoms with Gasteiger partial charge in [0.25, 0.3) is 5.91 Å². The van der Waals surface area contributed by atoms with Crippen molar-refractivity contribution in [3.05, 3.63) is 108 Å². The summed E-state index contributed by atoms with van der Waals surface area (Å²) in [5, 5.41) is 6.24. The number of hydrogen-bond donors (Lipinski definition) is 2. The van der Waals surface area contributed by atoms with E-state index in [1.165, 1.54) is 0 Å². The zero-order valence-corrected chi connectivity index (χ0v) is 19.5. The highest BCUT2D eigenvalue weighted by molar-refractivity contribution is 6.00. The number of nitrogens with zero attached hydrogens (tertiary/aromatic N) is 1. The molecular weight excluding hydrogens is 422 g/mol. The number of anilines is 1. The molecule has 2 N–H and O–H groups in total. The SMILES string of the molecule is C[C@H](NC(=O)c1ccccc1N1CCC(NC(=O)/C=C/c2ccccc2)CC1)c1ccccc1. The van der Waals surface area contributed by atoms with Crippen molar-refractivity contribution in [2.24, 2.45) is 0 Å². The quantitative estimate of drug-likeness (QED) is 0.496. The maximum Gasteiger partial charge on any atom is 0.253 e. The van der Waals surface area contributed by atoms with E-state index in [1.807, 2.05) is 97.9 Å². The highest BCUT2D eigenvalue weighted by Crippen LogP contribution is 2.25. The number of carbonyl (C=O) groups is 2. The molecule has 0 bridgehead atoms. The molecule has 0 aromatic heterocycles.